The minimum Gasteiger partial charge on any atom is -0.465 e. The van der Waals surface area contributed by atoms with Gasteiger partial charge in [-0.15, -0.1) is 0 Å². The first-order valence-electron chi connectivity index (χ1n) is 13.1. The Kier molecular flexibility index (Phi) is 7.99. The molecule has 3 aromatic carbocycles. The molecule has 11 nitrogen and oxygen atoms in total. The van der Waals surface area contributed by atoms with E-state index in [1.54, 1.807) is 47.4 Å². The highest BCUT2D eigenvalue weighted by atomic mass is 35.5. The van der Waals surface area contributed by atoms with Crippen LogP contribution in [-0.4, -0.2) is 53.1 Å². The van der Waals surface area contributed by atoms with E-state index in [-0.39, 0.29) is 24.4 Å². The third kappa shape index (κ3) is 6.14. The summed E-state index contributed by atoms with van der Waals surface area (Å²) in [5.74, 6) is -0.893. The number of anilines is 2. The molecule has 2 atom stereocenters. The molecule has 0 aliphatic carbocycles. The quantitative estimate of drug-likeness (QED) is 0.324. The summed E-state index contributed by atoms with van der Waals surface area (Å²) in [5, 5.41) is 26.2. The van der Waals surface area contributed by atoms with Crippen LogP contribution in [0.25, 0.3) is 0 Å². The van der Waals surface area contributed by atoms with Crippen molar-refractivity contribution >= 4 is 47.0 Å². The number of hydrogen-bond acceptors (Lipinski definition) is 6. The van der Waals surface area contributed by atoms with Crippen LogP contribution >= 0.6 is 11.6 Å². The Hall–Kier alpha value is -5.08. The number of ether oxygens (including phenoxy) is 1. The van der Waals surface area contributed by atoms with E-state index in [1.807, 2.05) is 0 Å². The van der Waals surface area contributed by atoms with Gasteiger partial charge in [-0.3, -0.25) is 20.2 Å². The standard InChI is InChI=1S/C30H26ClN5O6/c31-21-8-11-24-23(15-21)30(42-29(41)35-24)12-1-13-36(17-30)27(38)25(14-18-2-4-19(16-32)5-3-18)34-26(37)20-6-9-22(10-7-20)33-28(39)40/h2-11,15,25,33H,1,12-14,17H2,(H,34,37)(H,35,41)(H,39,40)/t25-,30-/m0/s1. The van der Waals surface area contributed by atoms with Crippen LogP contribution in [0.4, 0.5) is 21.0 Å². The number of hydrogen-bond donors (Lipinski definition) is 4. The van der Waals surface area contributed by atoms with Crippen molar-refractivity contribution in [3.8, 4) is 6.07 Å². The Morgan fingerprint density at radius 2 is 1.86 bits per heavy atom. The number of piperidine rings is 1. The number of nitriles is 1. The normalized spacial score (nSPS) is 18.1. The molecule has 0 saturated carbocycles. The predicted octanol–water partition coefficient (Wildman–Crippen LogP) is 4.72. The molecule has 0 aromatic heterocycles. The molecule has 4 amide bonds. The van der Waals surface area contributed by atoms with Gasteiger partial charge in [-0.1, -0.05) is 23.7 Å². The highest BCUT2D eigenvalue weighted by Crippen LogP contribution is 2.43. The first-order chi connectivity index (χ1) is 20.2. The molecule has 1 spiro atoms. The molecule has 4 N–H and O–H groups in total. The lowest BCUT2D eigenvalue weighted by Crippen LogP contribution is -2.57. The maximum atomic E-state index is 14.1. The zero-order valence-electron chi connectivity index (χ0n) is 22.2. The Balaban J connectivity index is 1.41. The number of carbonyl (C=O) groups is 4. The Bertz CT molecular complexity index is 1590. The van der Waals surface area contributed by atoms with Crippen molar-refractivity contribution in [3.63, 3.8) is 0 Å². The number of rotatable bonds is 6. The van der Waals surface area contributed by atoms with E-state index >= 15 is 0 Å². The first-order valence-corrected chi connectivity index (χ1v) is 13.5. The maximum absolute atomic E-state index is 14.1. The van der Waals surface area contributed by atoms with Crippen molar-refractivity contribution in [2.24, 2.45) is 0 Å². The number of amides is 4. The van der Waals surface area contributed by atoms with Gasteiger partial charge in [0.2, 0.25) is 5.91 Å². The van der Waals surface area contributed by atoms with E-state index in [9.17, 15) is 19.2 Å². The van der Waals surface area contributed by atoms with E-state index < -0.39 is 29.7 Å². The van der Waals surface area contributed by atoms with Crippen LogP contribution in [0.15, 0.2) is 66.7 Å². The zero-order chi connectivity index (χ0) is 29.9. The molecule has 1 fully saturated rings. The second kappa shape index (κ2) is 11.8. The molecule has 2 heterocycles. The van der Waals surface area contributed by atoms with Crippen LogP contribution < -0.4 is 16.0 Å². The number of nitrogens with zero attached hydrogens (tertiary/aromatic N) is 2. The van der Waals surface area contributed by atoms with E-state index in [2.05, 4.69) is 22.0 Å². The monoisotopic (exact) mass is 587 g/mol. The van der Waals surface area contributed by atoms with Crippen LogP contribution in [0.2, 0.25) is 5.02 Å². The van der Waals surface area contributed by atoms with Gasteiger partial charge in [-0.05, 0) is 73.0 Å². The van der Waals surface area contributed by atoms with Gasteiger partial charge in [-0.2, -0.15) is 5.26 Å². The third-order valence-corrected chi connectivity index (χ3v) is 7.52. The van der Waals surface area contributed by atoms with Crippen molar-refractivity contribution in [2.45, 2.75) is 30.9 Å². The minimum absolute atomic E-state index is 0.0713. The van der Waals surface area contributed by atoms with Crippen LogP contribution in [0.5, 0.6) is 0 Å². The molecule has 42 heavy (non-hydrogen) atoms. The number of halogens is 1. The van der Waals surface area contributed by atoms with E-state index in [0.717, 1.165) is 5.56 Å². The molecule has 12 heteroatoms. The lowest BCUT2D eigenvalue weighted by atomic mass is 9.83. The number of likely N-dealkylation sites (tertiary alicyclic amines) is 1. The van der Waals surface area contributed by atoms with Crippen molar-refractivity contribution in [1.29, 1.82) is 5.26 Å². The summed E-state index contributed by atoms with van der Waals surface area (Å²) >= 11 is 6.28. The second-order valence-corrected chi connectivity index (χ2v) is 10.5. The summed E-state index contributed by atoms with van der Waals surface area (Å²) < 4.78 is 5.82. The van der Waals surface area contributed by atoms with Gasteiger partial charge in [-0.25, -0.2) is 9.59 Å². The summed E-state index contributed by atoms with van der Waals surface area (Å²) in [6.45, 7) is 0.457. The van der Waals surface area contributed by atoms with Crippen LogP contribution in [0.3, 0.4) is 0 Å². The Morgan fingerprint density at radius 1 is 1.12 bits per heavy atom. The number of fused-ring (bicyclic) bond motifs is 2. The largest absolute Gasteiger partial charge is 0.465 e. The summed E-state index contributed by atoms with van der Waals surface area (Å²) in [6, 6.07) is 18.7. The van der Waals surface area contributed by atoms with Gasteiger partial charge in [0.1, 0.15) is 6.04 Å². The molecule has 5 rings (SSSR count). The SMILES string of the molecule is N#Cc1ccc(C[C@H](NC(=O)c2ccc(NC(=O)O)cc2)C(=O)N2CCC[C@@]3(C2)OC(=O)Nc2ccc(Cl)cc23)cc1. The van der Waals surface area contributed by atoms with Gasteiger partial charge in [0.25, 0.3) is 5.91 Å². The molecule has 0 unspecified atom stereocenters. The molecular formula is C30H26ClN5O6. The van der Waals surface area contributed by atoms with Crippen molar-refractivity contribution in [1.82, 2.24) is 10.2 Å². The van der Waals surface area contributed by atoms with E-state index in [1.165, 1.54) is 24.3 Å². The van der Waals surface area contributed by atoms with E-state index in [4.69, 9.17) is 26.7 Å². The molecule has 0 radical (unpaired) electrons. The van der Waals surface area contributed by atoms with Gasteiger partial charge in [0.15, 0.2) is 5.60 Å². The lowest BCUT2D eigenvalue weighted by molar-refractivity contribution is -0.141. The zero-order valence-corrected chi connectivity index (χ0v) is 23.0. The molecule has 0 bridgehead atoms. The first kappa shape index (κ1) is 28.4. The highest BCUT2D eigenvalue weighted by molar-refractivity contribution is 6.30. The topological polar surface area (TPSA) is 161 Å². The summed E-state index contributed by atoms with van der Waals surface area (Å²) in [7, 11) is 0. The number of nitrogens with one attached hydrogen (secondary N) is 3. The molecule has 2 aliphatic heterocycles. The molecule has 3 aromatic rings. The van der Waals surface area contributed by atoms with Crippen LogP contribution in [0.1, 0.15) is 39.9 Å². The molecular weight excluding hydrogens is 562 g/mol. The van der Waals surface area contributed by atoms with Crippen LogP contribution in [0, 0.1) is 11.3 Å². The molecule has 214 valence electrons. The summed E-state index contributed by atoms with van der Waals surface area (Å²) in [5.41, 5.74) is 1.85. The predicted molar refractivity (Wildman–Crippen MR) is 153 cm³/mol. The smallest absolute Gasteiger partial charge is 0.412 e. The third-order valence-electron chi connectivity index (χ3n) is 7.29. The van der Waals surface area contributed by atoms with E-state index in [0.29, 0.717) is 46.9 Å². The summed E-state index contributed by atoms with van der Waals surface area (Å²) in [4.78, 5) is 52.3. The Morgan fingerprint density at radius 3 is 2.55 bits per heavy atom. The fraction of sp³-hybridized carbons (Fsp3) is 0.233. The molecule has 2 aliphatic rings. The van der Waals surface area contributed by atoms with Gasteiger partial charge < -0.3 is 20.1 Å². The Labute approximate surface area is 246 Å². The minimum atomic E-state index is -1.23. The fourth-order valence-electron chi connectivity index (χ4n) is 5.32. The van der Waals surface area contributed by atoms with Crippen LogP contribution in [-0.2, 0) is 21.6 Å². The van der Waals surface area contributed by atoms with Crippen molar-refractivity contribution in [2.75, 3.05) is 23.7 Å². The van der Waals surface area contributed by atoms with Crippen molar-refractivity contribution < 1.29 is 29.0 Å². The number of carboxylic acid groups (broad SMARTS) is 1. The van der Waals surface area contributed by atoms with Gasteiger partial charge >= 0.3 is 12.2 Å². The number of benzene rings is 3. The lowest BCUT2D eigenvalue weighted by Gasteiger charge is -2.45. The average molecular weight is 588 g/mol. The van der Waals surface area contributed by atoms with Gasteiger partial charge in [0, 0.05) is 34.8 Å². The number of carbonyl (C=O) groups excluding carboxylic acids is 3. The molecule has 1 saturated heterocycles. The summed E-state index contributed by atoms with van der Waals surface area (Å²) in [6.07, 6.45) is -0.685. The van der Waals surface area contributed by atoms with Crippen molar-refractivity contribution in [3.05, 3.63) is 94.0 Å². The average Bonchev–Trinajstić information content (AvgIpc) is 2.97. The van der Waals surface area contributed by atoms with Gasteiger partial charge in [0.05, 0.1) is 23.9 Å². The highest BCUT2D eigenvalue weighted by Gasteiger charge is 2.47. The fourth-order valence-corrected chi connectivity index (χ4v) is 5.50. The second-order valence-electron chi connectivity index (χ2n) is 10.1. The maximum Gasteiger partial charge on any atom is 0.412 e.